The third-order valence-electron chi connectivity index (χ3n) is 11.6. The van der Waals surface area contributed by atoms with Crippen molar-refractivity contribution < 1.29 is 102 Å². The van der Waals surface area contributed by atoms with E-state index < -0.39 is 13.1 Å². The molecule has 9 nitrogen and oxygen atoms in total. The van der Waals surface area contributed by atoms with Crippen LogP contribution in [0.4, 0.5) is 0 Å². The second kappa shape index (κ2) is 20.2. The van der Waals surface area contributed by atoms with Crippen molar-refractivity contribution in [2.75, 3.05) is 64.0 Å². The summed E-state index contributed by atoms with van der Waals surface area (Å²) in [7, 11) is 11.2. The van der Waals surface area contributed by atoms with E-state index in [9.17, 15) is 0 Å². The molecule has 14 heteroatoms. The van der Waals surface area contributed by atoms with E-state index >= 15 is 0 Å². The van der Waals surface area contributed by atoms with Crippen LogP contribution >= 0.6 is 0 Å². The van der Waals surface area contributed by atoms with E-state index in [0.717, 1.165) is 54.5 Å². The number of benzene rings is 3. The molecule has 4 rings (SSSR count). The summed E-state index contributed by atoms with van der Waals surface area (Å²) in [6.07, 6.45) is 4.11. The topological polar surface area (TPSA) is 83.1 Å². The molecule has 1 unspecified atom stereocenters. The Morgan fingerprint density at radius 3 is 0.714 bits per heavy atom. The van der Waals surface area contributed by atoms with Crippen molar-refractivity contribution in [3.05, 3.63) is 56.2 Å². The van der Waals surface area contributed by atoms with Crippen molar-refractivity contribution >= 4 is 23.6 Å². The predicted molar refractivity (Wildman–Crippen MR) is 211 cm³/mol. The van der Waals surface area contributed by atoms with Crippen LogP contribution in [0.2, 0.25) is 5.04 Å². The summed E-state index contributed by atoms with van der Waals surface area (Å²) in [6.45, 7) is 21.5. The summed E-state index contributed by atoms with van der Waals surface area (Å²) in [4.78, 5) is 0. The Labute approximate surface area is 369 Å². The van der Waals surface area contributed by atoms with Crippen LogP contribution < -0.4 is 95.4 Å². The van der Waals surface area contributed by atoms with Gasteiger partial charge in [-0.25, -0.2) is 5.57 Å². The van der Waals surface area contributed by atoms with Crippen LogP contribution in [0.15, 0.2) is 16.7 Å². The quantitative estimate of drug-likeness (QED) is 0.110. The average molecular weight is 888 g/mol. The Kier molecular flexibility index (Phi) is 19.2. The molecular formula is C42H57Cl3O9SiTi. The van der Waals surface area contributed by atoms with Gasteiger partial charge in [0.15, 0.2) is 34.5 Å². The number of rotatable bonds is 13. The fourth-order valence-electron chi connectivity index (χ4n) is 9.29. The molecule has 0 saturated carbocycles. The summed E-state index contributed by atoms with van der Waals surface area (Å²) in [5.74, 6) is 5.10. The second-order valence-electron chi connectivity index (χ2n) is 13.5. The fourth-order valence-corrected chi connectivity index (χ4v) is 16.7. The molecule has 0 heterocycles. The zero-order valence-corrected chi connectivity index (χ0v) is 41.1. The molecule has 0 N–H and O–H groups in total. The third kappa shape index (κ3) is 7.25. The maximum absolute atomic E-state index is 6.25. The van der Waals surface area contributed by atoms with Gasteiger partial charge in [0, 0.05) is 0 Å². The maximum atomic E-state index is 6.25. The first-order valence-electron chi connectivity index (χ1n) is 17.3. The number of hydrogen-bond donors (Lipinski definition) is 0. The minimum atomic E-state index is -3.76. The largest absolute Gasteiger partial charge is 4.00 e. The number of ether oxygens (including phenoxy) is 9. The molecule has 0 aromatic heterocycles. The Morgan fingerprint density at radius 1 is 0.375 bits per heavy atom. The standard InChI is InChI=1S/C42H57O9Si.3ClH.Ti/c1-21-20-42(10,29(9)22(21)2)52(39-23(3)30(43-11)36(49-17)31(44-12)24(39)4,40-25(5)32(45-13)37(50-18)33(46-14)26(40)6)41-27(7)34(47-15)38(51-19)35(48-16)28(41)8;;;;/h1-19H3;3*1H;/q-1;;;;+4/p-3. The smallest absolute Gasteiger partial charge is 1.00 e. The molecule has 1 aliphatic rings. The van der Waals surface area contributed by atoms with E-state index in [1.54, 1.807) is 64.0 Å². The minimum absolute atomic E-state index is 0. The van der Waals surface area contributed by atoms with Crippen LogP contribution in [0.25, 0.3) is 0 Å². The molecule has 3 aromatic rings. The number of methoxy groups -OCH3 is 9. The van der Waals surface area contributed by atoms with Crippen LogP contribution in [0.1, 0.15) is 61.1 Å². The van der Waals surface area contributed by atoms with Gasteiger partial charge >= 0.3 is 21.7 Å². The molecule has 0 bridgehead atoms. The summed E-state index contributed by atoms with van der Waals surface area (Å²) < 4.78 is 55.6. The molecule has 0 fully saturated rings. The van der Waals surface area contributed by atoms with E-state index in [1.165, 1.54) is 11.1 Å². The molecular weight excluding hydrogens is 831 g/mol. The van der Waals surface area contributed by atoms with Crippen molar-refractivity contribution in [2.24, 2.45) is 0 Å². The van der Waals surface area contributed by atoms with Crippen molar-refractivity contribution in [3.63, 3.8) is 0 Å². The number of allylic oxidation sites excluding steroid dienone is 4. The minimum Gasteiger partial charge on any atom is -1.00 e. The molecule has 3 aromatic carbocycles. The van der Waals surface area contributed by atoms with Gasteiger partial charge in [0.1, 0.15) is 8.07 Å². The van der Waals surface area contributed by atoms with Crippen molar-refractivity contribution in [1.29, 1.82) is 0 Å². The first kappa shape index (κ1) is 53.1. The van der Waals surface area contributed by atoms with Crippen LogP contribution in [-0.2, 0) is 21.7 Å². The van der Waals surface area contributed by atoms with Gasteiger partial charge in [0.05, 0.1) is 64.0 Å². The van der Waals surface area contributed by atoms with Gasteiger partial charge in [-0.05, 0) is 90.5 Å². The Balaban J connectivity index is 0.00000756. The Morgan fingerprint density at radius 2 is 0.571 bits per heavy atom. The molecule has 1 atom stereocenters. The molecule has 0 radical (unpaired) electrons. The van der Waals surface area contributed by atoms with E-state index in [0.29, 0.717) is 51.7 Å². The Bertz CT molecular complexity index is 1720. The van der Waals surface area contributed by atoms with Crippen LogP contribution in [-0.4, -0.2) is 72.1 Å². The first-order chi connectivity index (χ1) is 24.6. The molecule has 0 aliphatic heterocycles. The molecule has 56 heavy (non-hydrogen) atoms. The van der Waals surface area contributed by atoms with Gasteiger partial charge in [-0.3, -0.25) is 6.08 Å². The van der Waals surface area contributed by atoms with Gasteiger partial charge < -0.3 is 79.9 Å². The number of halogens is 3. The van der Waals surface area contributed by atoms with Gasteiger partial charge in [-0.15, -0.1) is 6.92 Å². The average Bonchev–Trinajstić information content (AvgIpc) is 3.32. The van der Waals surface area contributed by atoms with Gasteiger partial charge in [0.25, 0.3) is 0 Å². The van der Waals surface area contributed by atoms with Crippen LogP contribution in [0, 0.1) is 47.6 Å². The first-order valence-corrected chi connectivity index (χ1v) is 19.3. The zero-order chi connectivity index (χ0) is 39.2. The van der Waals surface area contributed by atoms with Crippen molar-refractivity contribution in [3.8, 4) is 51.7 Å². The zero-order valence-electron chi connectivity index (χ0n) is 36.3. The van der Waals surface area contributed by atoms with Gasteiger partial charge in [-0.1, -0.05) is 25.8 Å². The fraction of sp³-hybridized carbons (Fsp3) is 0.476. The summed E-state index contributed by atoms with van der Waals surface area (Å²) in [5, 5.41) is 2.47. The van der Waals surface area contributed by atoms with Gasteiger partial charge in [0.2, 0.25) is 17.2 Å². The second-order valence-corrected chi connectivity index (χ2v) is 17.5. The summed E-state index contributed by atoms with van der Waals surface area (Å²) in [6, 6.07) is 0. The van der Waals surface area contributed by atoms with Crippen LogP contribution in [0.5, 0.6) is 51.7 Å². The van der Waals surface area contributed by atoms with E-state index in [4.69, 9.17) is 42.6 Å². The summed E-state index contributed by atoms with van der Waals surface area (Å²) in [5.41, 5.74) is 8.99. The molecule has 0 spiro atoms. The van der Waals surface area contributed by atoms with Crippen molar-refractivity contribution in [2.45, 2.75) is 74.3 Å². The predicted octanol–water partition coefficient (Wildman–Crippen LogP) is -2.05. The molecule has 1 aliphatic carbocycles. The number of hydrogen-bond acceptors (Lipinski definition) is 9. The molecule has 0 amide bonds. The Hall–Kier alpha value is -2.86. The SMILES string of the molecule is COc1c(C)c([Si](c2c(C)c(OC)c(OC)c(OC)c2C)(c2c(C)c(OC)c(OC)c(OC)c2C)C2(C)[C-]=C(C)C(C)=C2C)c(C)c(OC)c1OC.[Cl-].[Cl-].[Cl-].[Ti+4]. The molecule has 0 saturated heterocycles. The van der Waals surface area contributed by atoms with E-state index in [1.807, 2.05) is 0 Å². The maximum Gasteiger partial charge on any atom is 4.00 e. The van der Waals surface area contributed by atoms with Crippen molar-refractivity contribution in [1.82, 2.24) is 0 Å². The third-order valence-corrected chi connectivity index (χ3v) is 18.1. The monoisotopic (exact) mass is 886 g/mol. The van der Waals surface area contributed by atoms with Gasteiger partial charge in [-0.2, -0.15) is 11.1 Å². The van der Waals surface area contributed by atoms with E-state index in [-0.39, 0.29) is 58.9 Å². The normalized spacial score (nSPS) is 14.6. The molecule has 308 valence electrons. The van der Waals surface area contributed by atoms with E-state index in [2.05, 4.69) is 75.3 Å². The van der Waals surface area contributed by atoms with Crippen LogP contribution in [0.3, 0.4) is 0 Å². The summed E-state index contributed by atoms with van der Waals surface area (Å²) >= 11 is 0.